The van der Waals surface area contributed by atoms with Gasteiger partial charge < -0.3 is 25.5 Å². The number of fused-ring (bicyclic) bond motifs is 2. The number of carbonyl (C=O) groups excluding carboxylic acids is 4. The number of hydrogen-bond donors (Lipinski definition) is 3. The number of ether oxygens (including phenoxy) is 1. The number of aromatic nitrogens is 2. The van der Waals surface area contributed by atoms with Crippen molar-refractivity contribution >= 4 is 40.6 Å². The first-order valence-corrected chi connectivity index (χ1v) is 17.8. The molecule has 0 bridgehead atoms. The molecule has 2 aliphatic rings. The Hall–Kier alpha value is -3.76. The summed E-state index contributed by atoms with van der Waals surface area (Å²) in [6, 6.07) is 10.3. The molecule has 1 fully saturated rings. The molecule has 258 valence electrons. The molecule has 0 spiro atoms. The van der Waals surface area contributed by atoms with Gasteiger partial charge in [0.2, 0.25) is 11.8 Å². The quantitative estimate of drug-likeness (QED) is 0.159. The zero-order valence-electron chi connectivity index (χ0n) is 27.8. The summed E-state index contributed by atoms with van der Waals surface area (Å²) < 4.78 is 7.58. The van der Waals surface area contributed by atoms with Crippen molar-refractivity contribution in [3.05, 3.63) is 65.1 Å². The molecule has 2 amide bonds. The van der Waals surface area contributed by atoms with Crippen LogP contribution in [0.2, 0.25) is 5.02 Å². The number of unbranched alkanes of at least 4 members (excludes halogenated alkanes) is 1. The zero-order valence-corrected chi connectivity index (χ0v) is 28.6. The summed E-state index contributed by atoms with van der Waals surface area (Å²) >= 11 is 6.16. The summed E-state index contributed by atoms with van der Waals surface area (Å²) in [5.41, 5.74) is 8.06. The summed E-state index contributed by atoms with van der Waals surface area (Å²) in [6.45, 7) is 2.79. The highest BCUT2D eigenvalue weighted by Crippen LogP contribution is 2.33. The number of rotatable bonds is 17. The van der Waals surface area contributed by atoms with Gasteiger partial charge in [-0.25, -0.2) is 4.98 Å². The van der Waals surface area contributed by atoms with Gasteiger partial charge in [-0.2, -0.15) is 0 Å². The third kappa shape index (κ3) is 9.23. The van der Waals surface area contributed by atoms with Crippen molar-refractivity contribution < 1.29 is 23.9 Å². The van der Waals surface area contributed by atoms with Crippen molar-refractivity contribution in [2.24, 2.45) is 23.5 Å². The van der Waals surface area contributed by atoms with E-state index < -0.39 is 17.9 Å². The fraction of sp³-hybridized carbons (Fsp3) is 0.541. The van der Waals surface area contributed by atoms with E-state index in [-0.39, 0.29) is 54.6 Å². The van der Waals surface area contributed by atoms with Gasteiger partial charge in [0.1, 0.15) is 17.2 Å². The first kappa shape index (κ1) is 35.5. The molecule has 0 unspecified atom stereocenters. The fourth-order valence-electron chi connectivity index (χ4n) is 7.08. The van der Waals surface area contributed by atoms with Crippen molar-refractivity contribution in [2.75, 3.05) is 13.2 Å². The van der Waals surface area contributed by atoms with Gasteiger partial charge >= 0.3 is 0 Å². The summed E-state index contributed by atoms with van der Waals surface area (Å²) in [4.78, 5) is 59.2. The molecule has 0 radical (unpaired) electrons. The molecule has 4 atom stereocenters. The van der Waals surface area contributed by atoms with Crippen molar-refractivity contribution in [1.29, 1.82) is 0 Å². The molecule has 1 saturated carbocycles. The molecule has 1 aromatic carbocycles. The molecule has 11 heteroatoms. The highest BCUT2D eigenvalue weighted by Gasteiger charge is 2.36. The van der Waals surface area contributed by atoms with Crippen molar-refractivity contribution in [3.63, 3.8) is 0 Å². The number of para-hydroxylation sites is 1. The fourth-order valence-corrected chi connectivity index (χ4v) is 7.25. The number of hydrogen-bond acceptors (Lipinski definition) is 7. The van der Waals surface area contributed by atoms with Crippen LogP contribution in [0.4, 0.5) is 0 Å². The Kier molecular flexibility index (Phi) is 12.6. The topological polar surface area (TPSA) is 145 Å². The largest absolute Gasteiger partial charge is 0.493 e. The van der Waals surface area contributed by atoms with E-state index in [4.69, 9.17) is 22.1 Å². The van der Waals surface area contributed by atoms with Gasteiger partial charge in [-0.1, -0.05) is 56.0 Å². The molecule has 3 aromatic rings. The molecule has 1 aliphatic heterocycles. The van der Waals surface area contributed by atoms with Crippen LogP contribution in [0.1, 0.15) is 94.9 Å². The van der Waals surface area contributed by atoms with E-state index in [1.807, 2.05) is 30.5 Å². The van der Waals surface area contributed by atoms with E-state index >= 15 is 0 Å². The van der Waals surface area contributed by atoms with E-state index in [2.05, 4.69) is 15.6 Å². The second-order valence-electron chi connectivity index (χ2n) is 13.3. The Morgan fingerprint density at radius 2 is 1.79 bits per heavy atom. The minimum Gasteiger partial charge on any atom is -0.493 e. The van der Waals surface area contributed by atoms with Crippen LogP contribution in [-0.4, -0.2) is 52.0 Å². The van der Waals surface area contributed by atoms with Crippen LogP contribution in [0.15, 0.2) is 48.8 Å². The van der Waals surface area contributed by atoms with Crippen LogP contribution in [0.25, 0.3) is 5.65 Å². The maximum absolute atomic E-state index is 14.2. The first-order valence-electron chi connectivity index (χ1n) is 17.5. The number of pyridine rings is 1. The Morgan fingerprint density at radius 3 is 2.56 bits per heavy atom. The van der Waals surface area contributed by atoms with Gasteiger partial charge in [0.15, 0.2) is 5.78 Å². The van der Waals surface area contributed by atoms with Gasteiger partial charge in [-0.15, -0.1) is 0 Å². The number of amides is 2. The zero-order chi connectivity index (χ0) is 34.0. The SMILES string of the molecule is CCC(=O)C[C@@H](Cc1cn2cc(Cl)ccc2n1)C(=O)N[C@H](C(=O)C[C@@H](CCCCN)C(=O)N[C@@H]1CCOc2ccccc21)C1CCCC1. The molecule has 2 aromatic heterocycles. The lowest BCUT2D eigenvalue weighted by molar-refractivity contribution is -0.135. The molecular formula is C37H48ClN5O5. The minimum atomic E-state index is -0.729. The van der Waals surface area contributed by atoms with Crippen LogP contribution < -0.4 is 21.1 Å². The van der Waals surface area contributed by atoms with Crippen LogP contribution in [-0.2, 0) is 25.6 Å². The molecule has 5 rings (SSSR count). The molecule has 1 aliphatic carbocycles. The van der Waals surface area contributed by atoms with Crippen molar-refractivity contribution in [1.82, 2.24) is 20.0 Å². The van der Waals surface area contributed by atoms with Crippen LogP contribution in [0.5, 0.6) is 5.75 Å². The van der Waals surface area contributed by atoms with Crippen LogP contribution >= 0.6 is 11.6 Å². The Bertz CT molecular complexity index is 1590. The maximum atomic E-state index is 14.2. The van der Waals surface area contributed by atoms with Gasteiger partial charge in [-0.05, 0) is 56.3 Å². The average molecular weight is 678 g/mol. The number of halogens is 1. The minimum absolute atomic E-state index is 0.0172. The normalized spacial score (nSPS) is 18.0. The van der Waals surface area contributed by atoms with E-state index in [1.165, 1.54) is 0 Å². The summed E-state index contributed by atoms with van der Waals surface area (Å²) in [5, 5.41) is 6.86. The number of imidazole rings is 1. The first-order chi connectivity index (χ1) is 23.2. The van der Waals surface area contributed by atoms with E-state index in [0.29, 0.717) is 48.8 Å². The standard InChI is InChI=1S/C37H48ClN5O5/c1-2-29(44)20-26(19-28-23-43-22-27(38)14-15-34(43)40-28)37(47)42-35(24-9-3-4-10-24)32(45)21-25(11-7-8-17-39)36(46)41-31-16-18-48-33-13-6-5-12-30(31)33/h5-6,12-15,22-26,31,35H,2-4,7-11,16-21,39H2,1H3,(H,41,46)(H,42,47)/t25-,26-,31-,35+/m1/s1. The molecule has 10 nitrogen and oxygen atoms in total. The molecule has 0 saturated heterocycles. The van der Waals surface area contributed by atoms with E-state index in [0.717, 1.165) is 49.8 Å². The second-order valence-corrected chi connectivity index (χ2v) is 13.7. The highest BCUT2D eigenvalue weighted by atomic mass is 35.5. The lowest BCUT2D eigenvalue weighted by Crippen LogP contribution is -2.49. The lowest BCUT2D eigenvalue weighted by Gasteiger charge is -2.30. The van der Waals surface area contributed by atoms with Gasteiger partial charge in [0.25, 0.3) is 0 Å². The number of nitrogens with one attached hydrogen (secondary N) is 2. The Balaban J connectivity index is 1.32. The van der Waals surface area contributed by atoms with Gasteiger partial charge in [0.05, 0.1) is 35.3 Å². The third-order valence-corrected chi connectivity index (χ3v) is 10.00. The number of nitrogens with two attached hydrogens (primary N) is 1. The maximum Gasteiger partial charge on any atom is 0.224 e. The van der Waals surface area contributed by atoms with Crippen molar-refractivity contribution in [3.8, 4) is 5.75 Å². The molecular weight excluding hydrogens is 630 g/mol. The third-order valence-electron chi connectivity index (χ3n) is 9.78. The highest BCUT2D eigenvalue weighted by molar-refractivity contribution is 6.30. The lowest BCUT2D eigenvalue weighted by atomic mass is 9.86. The predicted molar refractivity (Wildman–Crippen MR) is 185 cm³/mol. The van der Waals surface area contributed by atoms with Gasteiger partial charge in [0, 0.05) is 56.0 Å². The monoisotopic (exact) mass is 677 g/mol. The van der Waals surface area contributed by atoms with E-state index in [9.17, 15) is 19.2 Å². The molecule has 3 heterocycles. The number of Topliss-reactive ketones (excluding diaryl/α,β-unsaturated/α-hetero) is 2. The van der Waals surface area contributed by atoms with Crippen LogP contribution in [0, 0.1) is 17.8 Å². The number of ketones is 2. The number of benzene rings is 1. The average Bonchev–Trinajstić information content (AvgIpc) is 3.76. The number of nitrogens with zero attached hydrogens (tertiary/aromatic N) is 2. The van der Waals surface area contributed by atoms with Crippen LogP contribution in [0.3, 0.4) is 0 Å². The van der Waals surface area contributed by atoms with Crippen molar-refractivity contribution in [2.45, 2.75) is 96.1 Å². The Labute approximate surface area is 287 Å². The second kappa shape index (κ2) is 17.1. The Morgan fingerprint density at radius 1 is 1.00 bits per heavy atom. The predicted octanol–water partition coefficient (Wildman–Crippen LogP) is 5.54. The molecule has 4 N–H and O–H groups in total. The van der Waals surface area contributed by atoms with Gasteiger partial charge in [-0.3, -0.25) is 19.2 Å². The summed E-state index contributed by atoms with van der Waals surface area (Å²) in [7, 11) is 0. The summed E-state index contributed by atoms with van der Waals surface area (Å²) in [6.07, 6.45) is 10.5. The van der Waals surface area contributed by atoms with E-state index in [1.54, 1.807) is 29.7 Å². The molecule has 48 heavy (non-hydrogen) atoms. The number of carbonyl (C=O) groups is 4. The summed E-state index contributed by atoms with van der Waals surface area (Å²) in [5.74, 6) is -1.17. The smallest absolute Gasteiger partial charge is 0.224 e.